The predicted octanol–water partition coefficient (Wildman–Crippen LogP) is 1.74. The monoisotopic (exact) mass is 348 g/mol. The van der Waals surface area contributed by atoms with Crippen LogP contribution in [0.5, 0.6) is 0 Å². The zero-order chi connectivity index (χ0) is 17.4. The Morgan fingerprint density at radius 3 is 2.28 bits per heavy atom. The smallest absolute Gasteiger partial charge is 0.229 e. The number of rotatable bonds is 2. The van der Waals surface area contributed by atoms with Crippen LogP contribution in [0, 0.1) is 11.2 Å². The van der Waals surface area contributed by atoms with Crippen molar-refractivity contribution in [2.24, 2.45) is 5.41 Å². The molecule has 136 valence electrons. The SMILES string of the molecule is O=C1N(C2CCC(O)CC2)CCC12CCN(c1ncc(F)cn1)CC2. The minimum atomic E-state index is -0.434. The maximum absolute atomic E-state index is 13.1. The second kappa shape index (κ2) is 6.52. The fourth-order valence-corrected chi connectivity index (χ4v) is 4.63. The van der Waals surface area contributed by atoms with Gasteiger partial charge < -0.3 is 14.9 Å². The topological polar surface area (TPSA) is 69.6 Å². The number of piperidine rings is 1. The number of halogens is 1. The minimum Gasteiger partial charge on any atom is -0.393 e. The molecular weight excluding hydrogens is 323 g/mol. The van der Waals surface area contributed by atoms with Crippen molar-refractivity contribution in [3.8, 4) is 0 Å². The molecule has 2 saturated heterocycles. The predicted molar refractivity (Wildman–Crippen MR) is 90.5 cm³/mol. The highest BCUT2D eigenvalue weighted by molar-refractivity contribution is 5.85. The molecule has 3 heterocycles. The molecule has 1 N–H and O–H groups in total. The Morgan fingerprint density at radius 1 is 1.04 bits per heavy atom. The zero-order valence-electron chi connectivity index (χ0n) is 14.4. The van der Waals surface area contributed by atoms with Gasteiger partial charge in [0.25, 0.3) is 0 Å². The van der Waals surface area contributed by atoms with E-state index in [1.54, 1.807) is 0 Å². The van der Waals surface area contributed by atoms with Gasteiger partial charge in [-0.1, -0.05) is 0 Å². The first-order chi connectivity index (χ1) is 12.1. The summed E-state index contributed by atoms with van der Waals surface area (Å²) in [5.41, 5.74) is -0.243. The number of aliphatic hydroxyl groups is 1. The van der Waals surface area contributed by atoms with Gasteiger partial charge in [-0.05, 0) is 44.9 Å². The second-order valence-corrected chi connectivity index (χ2v) is 7.68. The molecule has 0 radical (unpaired) electrons. The highest BCUT2D eigenvalue weighted by Crippen LogP contribution is 2.44. The molecule has 1 aromatic rings. The lowest BCUT2D eigenvalue weighted by Gasteiger charge is -2.39. The summed E-state index contributed by atoms with van der Waals surface area (Å²) in [4.78, 5) is 25.3. The van der Waals surface area contributed by atoms with Gasteiger partial charge in [-0.25, -0.2) is 14.4 Å². The number of anilines is 1. The van der Waals surface area contributed by atoms with Crippen LogP contribution in [0.1, 0.15) is 44.9 Å². The minimum absolute atomic E-state index is 0.193. The van der Waals surface area contributed by atoms with Crippen LogP contribution in [0.2, 0.25) is 0 Å². The van der Waals surface area contributed by atoms with Gasteiger partial charge in [-0.3, -0.25) is 4.79 Å². The third kappa shape index (κ3) is 3.10. The Bertz CT molecular complexity index is 622. The van der Waals surface area contributed by atoms with E-state index < -0.39 is 5.82 Å². The summed E-state index contributed by atoms with van der Waals surface area (Å²) in [6.07, 6.45) is 8.15. The van der Waals surface area contributed by atoms with E-state index in [1.807, 2.05) is 4.90 Å². The summed E-state index contributed by atoms with van der Waals surface area (Å²) in [6.45, 7) is 2.30. The number of carbonyl (C=O) groups excluding carboxylic acids is 1. The molecule has 1 amide bonds. The van der Waals surface area contributed by atoms with Crippen molar-refractivity contribution in [2.45, 2.75) is 57.1 Å². The van der Waals surface area contributed by atoms with Crippen molar-refractivity contribution < 1.29 is 14.3 Å². The van der Waals surface area contributed by atoms with E-state index in [1.165, 1.54) is 12.4 Å². The maximum atomic E-state index is 13.1. The van der Waals surface area contributed by atoms with E-state index in [9.17, 15) is 14.3 Å². The van der Waals surface area contributed by atoms with Crippen molar-refractivity contribution in [2.75, 3.05) is 24.5 Å². The molecule has 1 aliphatic carbocycles. The van der Waals surface area contributed by atoms with Crippen LogP contribution in [0.3, 0.4) is 0 Å². The van der Waals surface area contributed by atoms with Gasteiger partial charge in [0.2, 0.25) is 11.9 Å². The van der Waals surface area contributed by atoms with Crippen LogP contribution < -0.4 is 4.90 Å². The molecule has 3 aliphatic rings. The number of hydrogen-bond acceptors (Lipinski definition) is 5. The number of aromatic nitrogens is 2. The number of likely N-dealkylation sites (tertiary alicyclic amines) is 1. The van der Waals surface area contributed by atoms with E-state index in [0.717, 1.165) is 64.6 Å². The number of nitrogens with zero attached hydrogens (tertiary/aromatic N) is 4. The van der Waals surface area contributed by atoms with Gasteiger partial charge in [0.15, 0.2) is 5.82 Å². The van der Waals surface area contributed by atoms with Crippen molar-refractivity contribution in [3.05, 3.63) is 18.2 Å². The third-order valence-electron chi connectivity index (χ3n) is 6.26. The number of carbonyl (C=O) groups is 1. The molecule has 0 aromatic carbocycles. The van der Waals surface area contributed by atoms with Gasteiger partial charge >= 0.3 is 0 Å². The van der Waals surface area contributed by atoms with E-state index >= 15 is 0 Å². The fraction of sp³-hybridized carbons (Fsp3) is 0.722. The first-order valence-corrected chi connectivity index (χ1v) is 9.29. The van der Waals surface area contributed by atoms with Gasteiger partial charge in [0.1, 0.15) is 0 Å². The Balaban J connectivity index is 1.39. The molecule has 7 heteroatoms. The summed E-state index contributed by atoms with van der Waals surface area (Å²) in [5, 5.41) is 9.69. The van der Waals surface area contributed by atoms with Crippen LogP contribution in [0.25, 0.3) is 0 Å². The van der Waals surface area contributed by atoms with Crippen LogP contribution in [-0.2, 0) is 4.79 Å². The standard InChI is InChI=1S/C18H25FN4O2/c19-13-11-20-17(21-12-13)22-8-5-18(6-9-22)7-10-23(16(18)25)14-1-3-15(24)4-2-14/h11-12,14-15,24H,1-10H2. The highest BCUT2D eigenvalue weighted by Gasteiger charge is 2.50. The van der Waals surface area contributed by atoms with E-state index in [0.29, 0.717) is 17.9 Å². The highest BCUT2D eigenvalue weighted by atomic mass is 19.1. The van der Waals surface area contributed by atoms with Crippen LogP contribution in [0.4, 0.5) is 10.3 Å². The average molecular weight is 348 g/mol. The summed E-state index contributed by atoms with van der Waals surface area (Å²) in [6, 6.07) is 0.300. The maximum Gasteiger partial charge on any atom is 0.229 e. The average Bonchev–Trinajstić information content (AvgIpc) is 2.94. The van der Waals surface area contributed by atoms with Crippen molar-refractivity contribution >= 4 is 11.9 Å². The van der Waals surface area contributed by atoms with E-state index in [4.69, 9.17) is 0 Å². The molecule has 1 aromatic heterocycles. The quantitative estimate of drug-likeness (QED) is 0.882. The zero-order valence-corrected chi connectivity index (χ0v) is 14.4. The van der Waals surface area contributed by atoms with Crippen LogP contribution in [-0.4, -0.2) is 57.7 Å². The Morgan fingerprint density at radius 2 is 1.64 bits per heavy atom. The molecule has 4 rings (SSSR count). The molecule has 0 unspecified atom stereocenters. The third-order valence-corrected chi connectivity index (χ3v) is 6.26. The molecule has 25 heavy (non-hydrogen) atoms. The second-order valence-electron chi connectivity index (χ2n) is 7.68. The summed E-state index contributed by atoms with van der Waals surface area (Å²) in [7, 11) is 0. The first kappa shape index (κ1) is 16.7. The lowest BCUT2D eigenvalue weighted by Crippen LogP contribution is -2.47. The fourth-order valence-electron chi connectivity index (χ4n) is 4.63. The normalized spacial score (nSPS) is 29.4. The van der Waals surface area contributed by atoms with Crippen molar-refractivity contribution in [1.29, 1.82) is 0 Å². The van der Waals surface area contributed by atoms with Crippen molar-refractivity contribution in [3.63, 3.8) is 0 Å². The molecular formula is C18H25FN4O2. The van der Waals surface area contributed by atoms with Crippen molar-refractivity contribution in [1.82, 2.24) is 14.9 Å². The number of amides is 1. The lowest BCUT2D eigenvalue weighted by atomic mass is 9.77. The summed E-state index contributed by atoms with van der Waals surface area (Å²) in [5.74, 6) is 0.407. The Labute approximate surface area is 147 Å². The molecule has 2 aliphatic heterocycles. The van der Waals surface area contributed by atoms with E-state index in [-0.39, 0.29) is 11.5 Å². The Kier molecular flexibility index (Phi) is 4.35. The summed E-state index contributed by atoms with van der Waals surface area (Å²) < 4.78 is 13.0. The molecule has 6 nitrogen and oxygen atoms in total. The largest absolute Gasteiger partial charge is 0.393 e. The van der Waals surface area contributed by atoms with Gasteiger partial charge in [0, 0.05) is 25.7 Å². The molecule has 3 fully saturated rings. The number of aliphatic hydroxyl groups excluding tert-OH is 1. The lowest BCUT2D eigenvalue weighted by molar-refractivity contribution is -0.139. The van der Waals surface area contributed by atoms with Gasteiger partial charge in [0.05, 0.1) is 23.9 Å². The molecule has 1 saturated carbocycles. The molecule has 1 spiro atoms. The van der Waals surface area contributed by atoms with Gasteiger partial charge in [-0.2, -0.15) is 0 Å². The van der Waals surface area contributed by atoms with Crippen LogP contribution in [0.15, 0.2) is 12.4 Å². The molecule has 0 bridgehead atoms. The summed E-state index contributed by atoms with van der Waals surface area (Å²) >= 11 is 0. The van der Waals surface area contributed by atoms with E-state index in [2.05, 4.69) is 14.9 Å². The first-order valence-electron chi connectivity index (χ1n) is 9.29. The van der Waals surface area contributed by atoms with Gasteiger partial charge in [-0.15, -0.1) is 0 Å². The van der Waals surface area contributed by atoms with Crippen LogP contribution >= 0.6 is 0 Å². The molecule has 0 atom stereocenters. The Hall–Kier alpha value is -1.76. The number of hydrogen-bond donors (Lipinski definition) is 1.